The molecule has 3 atom stereocenters. The van der Waals surface area contributed by atoms with Crippen molar-refractivity contribution in [3.8, 4) is 0 Å². The zero-order valence-corrected chi connectivity index (χ0v) is 10.1. The highest BCUT2D eigenvalue weighted by molar-refractivity contribution is 8.00. The molecule has 3 unspecified atom stereocenters. The highest BCUT2D eigenvalue weighted by Gasteiger charge is 2.42. The molecule has 2 fully saturated rings. The van der Waals surface area contributed by atoms with Crippen LogP contribution in [0, 0.1) is 11.8 Å². The van der Waals surface area contributed by atoms with Crippen molar-refractivity contribution in [1.82, 2.24) is 10.6 Å². The van der Waals surface area contributed by atoms with E-state index in [0.717, 1.165) is 11.8 Å². The summed E-state index contributed by atoms with van der Waals surface area (Å²) >= 11 is 2.18. The van der Waals surface area contributed by atoms with Crippen LogP contribution in [0.1, 0.15) is 26.7 Å². The molecule has 82 valence electrons. The Morgan fingerprint density at radius 1 is 1.43 bits per heavy atom. The predicted molar refractivity (Wildman–Crippen MR) is 63.6 cm³/mol. The Kier molecular flexibility index (Phi) is 3.40. The predicted octanol–water partition coefficient (Wildman–Crippen LogP) is 1.67. The standard InChI is InChI=1S/C11H22N2S/c1-3-10-7-12-5-4-11(10)13-6-9(2)8-14-11/h9-10,12-13H,3-8H2,1-2H3. The van der Waals surface area contributed by atoms with E-state index in [-0.39, 0.29) is 0 Å². The molecule has 0 saturated carbocycles. The van der Waals surface area contributed by atoms with Crippen molar-refractivity contribution >= 4 is 11.8 Å². The zero-order chi connectivity index (χ0) is 10.0. The Hall–Kier alpha value is 0.270. The molecule has 0 aromatic carbocycles. The summed E-state index contributed by atoms with van der Waals surface area (Å²) < 4.78 is 0. The number of hydrogen-bond acceptors (Lipinski definition) is 3. The first-order valence-electron chi connectivity index (χ1n) is 5.86. The lowest BCUT2D eigenvalue weighted by Crippen LogP contribution is -2.59. The van der Waals surface area contributed by atoms with E-state index >= 15 is 0 Å². The van der Waals surface area contributed by atoms with Crippen molar-refractivity contribution in [3.05, 3.63) is 0 Å². The Bertz CT molecular complexity index is 188. The van der Waals surface area contributed by atoms with Gasteiger partial charge < -0.3 is 10.6 Å². The van der Waals surface area contributed by atoms with Crippen molar-refractivity contribution < 1.29 is 0 Å². The summed E-state index contributed by atoms with van der Waals surface area (Å²) in [5.74, 6) is 3.00. The molecule has 0 aliphatic carbocycles. The molecular weight excluding hydrogens is 192 g/mol. The Morgan fingerprint density at radius 2 is 2.29 bits per heavy atom. The fourth-order valence-corrected chi connectivity index (χ4v) is 4.18. The Labute approximate surface area is 91.6 Å². The molecule has 0 radical (unpaired) electrons. The maximum absolute atomic E-state index is 3.81. The van der Waals surface area contributed by atoms with Crippen LogP contribution in [-0.2, 0) is 0 Å². The van der Waals surface area contributed by atoms with Crippen LogP contribution in [0.25, 0.3) is 0 Å². The third-order valence-electron chi connectivity index (χ3n) is 3.59. The summed E-state index contributed by atoms with van der Waals surface area (Å²) in [5, 5.41) is 7.32. The highest BCUT2D eigenvalue weighted by Crippen LogP contribution is 2.40. The fraction of sp³-hybridized carbons (Fsp3) is 1.00. The summed E-state index contributed by atoms with van der Waals surface area (Å²) in [6.45, 7) is 8.26. The van der Waals surface area contributed by atoms with Crippen LogP contribution in [0.2, 0.25) is 0 Å². The molecule has 0 bridgehead atoms. The van der Waals surface area contributed by atoms with E-state index in [1.807, 2.05) is 0 Å². The van der Waals surface area contributed by atoms with E-state index in [0.29, 0.717) is 4.87 Å². The lowest BCUT2D eigenvalue weighted by Gasteiger charge is -2.48. The molecule has 0 aromatic heterocycles. The van der Waals surface area contributed by atoms with Gasteiger partial charge in [-0.2, -0.15) is 0 Å². The topological polar surface area (TPSA) is 24.1 Å². The molecule has 14 heavy (non-hydrogen) atoms. The summed E-state index contributed by atoms with van der Waals surface area (Å²) in [5.41, 5.74) is 0. The molecule has 2 aliphatic rings. The molecule has 3 heteroatoms. The van der Waals surface area contributed by atoms with Crippen molar-refractivity contribution in [3.63, 3.8) is 0 Å². The summed E-state index contributed by atoms with van der Waals surface area (Å²) in [6.07, 6.45) is 2.59. The molecular formula is C11H22N2S. The molecule has 2 heterocycles. The number of rotatable bonds is 1. The molecule has 2 aliphatic heterocycles. The van der Waals surface area contributed by atoms with Crippen molar-refractivity contribution in [2.45, 2.75) is 31.6 Å². The zero-order valence-electron chi connectivity index (χ0n) is 9.31. The van der Waals surface area contributed by atoms with E-state index in [2.05, 4.69) is 36.2 Å². The van der Waals surface area contributed by atoms with Crippen LogP contribution in [-0.4, -0.2) is 30.3 Å². The first kappa shape index (κ1) is 10.8. The van der Waals surface area contributed by atoms with Crippen LogP contribution in [0.5, 0.6) is 0 Å². The van der Waals surface area contributed by atoms with Gasteiger partial charge in [-0.15, -0.1) is 11.8 Å². The maximum Gasteiger partial charge on any atom is 0.0698 e. The smallest absolute Gasteiger partial charge is 0.0698 e. The second-order valence-corrected chi connectivity index (χ2v) is 6.10. The van der Waals surface area contributed by atoms with Gasteiger partial charge in [0.05, 0.1) is 4.87 Å². The minimum absolute atomic E-state index is 0.409. The van der Waals surface area contributed by atoms with Gasteiger partial charge in [0.15, 0.2) is 0 Å². The first-order chi connectivity index (χ1) is 6.77. The average Bonchev–Trinajstić information content (AvgIpc) is 2.23. The number of piperidine rings is 1. The van der Waals surface area contributed by atoms with Gasteiger partial charge in [-0.05, 0) is 43.5 Å². The average molecular weight is 214 g/mol. The molecule has 2 rings (SSSR count). The third kappa shape index (κ3) is 1.95. The SMILES string of the molecule is CCC1CNCCC12NCC(C)CS2. The molecule has 0 amide bonds. The van der Waals surface area contributed by atoms with Crippen LogP contribution in [0.15, 0.2) is 0 Å². The quantitative estimate of drug-likeness (QED) is 0.694. The minimum Gasteiger partial charge on any atom is -0.316 e. The minimum atomic E-state index is 0.409. The Morgan fingerprint density at radius 3 is 2.93 bits per heavy atom. The van der Waals surface area contributed by atoms with Gasteiger partial charge in [-0.25, -0.2) is 0 Å². The molecule has 0 aromatic rings. The van der Waals surface area contributed by atoms with Crippen LogP contribution >= 0.6 is 11.8 Å². The maximum atomic E-state index is 3.81. The second kappa shape index (κ2) is 4.42. The lowest BCUT2D eigenvalue weighted by molar-refractivity contribution is 0.226. The largest absolute Gasteiger partial charge is 0.316 e. The van der Waals surface area contributed by atoms with Gasteiger partial charge in [0, 0.05) is 6.54 Å². The molecule has 2 nitrogen and oxygen atoms in total. The summed E-state index contributed by atoms with van der Waals surface area (Å²) in [6, 6.07) is 0. The Balaban J connectivity index is 2.03. The van der Waals surface area contributed by atoms with Crippen molar-refractivity contribution in [2.24, 2.45) is 11.8 Å². The number of thioether (sulfide) groups is 1. The van der Waals surface area contributed by atoms with Gasteiger partial charge in [0.1, 0.15) is 0 Å². The molecule has 2 saturated heterocycles. The van der Waals surface area contributed by atoms with Crippen molar-refractivity contribution in [1.29, 1.82) is 0 Å². The summed E-state index contributed by atoms with van der Waals surface area (Å²) in [4.78, 5) is 0.409. The van der Waals surface area contributed by atoms with Gasteiger partial charge in [0.25, 0.3) is 0 Å². The lowest BCUT2D eigenvalue weighted by atomic mass is 9.89. The van der Waals surface area contributed by atoms with Crippen LogP contribution in [0.4, 0.5) is 0 Å². The van der Waals surface area contributed by atoms with E-state index in [1.165, 1.54) is 38.2 Å². The van der Waals surface area contributed by atoms with E-state index in [1.54, 1.807) is 0 Å². The number of nitrogens with one attached hydrogen (secondary N) is 2. The van der Waals surface area contributed by atoms with Crippen LogP contribution < -0.4 is 10.6 Å². The number of hydrogen-bond donors (Lipinski definition) is 2. The molecule has 1 spiro atoms. The third-order valence-corrected chi connectivity index (χ3v) is 5.52. The van der Waals surface area contributed by atoms with E-state index in [4.69, 9.17) is 0 Å². The van der Waals surface area contributed by atoms with Gasteiger partial charge in [0.2, 0.25) is 0 Å². The van der Waals surface area contributed by atoms with Gasteiger partial charge in [-0.3, -0.25) is 0 Å². The van der Waals surface area contributed by atoms with Crippen LogP contribution in [0.3, 0.4) is 0 Å². The van der Waals surface area contributed by atoms with Crippen molar-refractivity contribution in [2.75, 3.05) is 25.4 Å². The van der Waals surface area contributed by atoms with Gasteiger partial charge in [-0.1, -0.05) is 13.8 Å². The fourth-order valence-electron chi connectivity index (χ4n) is 2.56. The normalized spacial score (nSPS) is 44.1. The van der Waals surface area contributed by atoms with E-state index < -0.39 is 0 Å². The highest BCUT2D eigenvalue weighted by atomic mass is 32.2. The monoisotopic (exact) mass is 214 g/mol. The summed E-state index contributed by atoms with van der Waals surface area (Å²) in [7, 11) is 0. The first-order valence-corrected chi connectivity index (χ1v) is 6.85. The second-order valence-electron chi connectivity index (χ2n) is 4.75. The van der Waals surface area contributed by atoms with E-state index in [9.17, 15) is 0 Å². The molecule has 2 N–H and O–H groups in total. The van der Waals surface area contributed by atoms with Gasteiger partial charge >= 0.3 is 0 Å².